The SMILES string of the molecule is COc1ccc(CCC(O)C2CCCC2)c(C#N)c1. The highest BCUT2D eigenvalue weighted by molar-refractivity contribution is 5.43. The van der Waals surface area contributed by atoms with E-state index in [0.29, 0.717) is 17.2 Å². The van der Waals surface area contributed by atoms with Gasteiger partial charge in [-0.1, -0.05) is 18.9 Å². The molecule has 1 aromatic carbocycles. The van der Waals surface area contributed by atoms with Crippen molar-refractivity contribution >= 4 is 0 Å². The number of aliphatic hydroxyl groups excluding tert-OH is 1. The fourth-order valence-electron chi connectivity index (χ4n) is 2.89. The van der Waals surface area contributed by atoms with Crippen molar-refractivity contribution in [1.29, 1.82) is 5.26 Å². The summed E-state index contributed by atoms with van der Waals surface area (Å²) in [6.07, 6.45) is 6.05. The molecule has 0 heterocycles. The van der Waals surface area contributed by atoms with Crippen molar-refractivity contribution in [2.75, 3.05) is 7.11 Å². The van der Waals surface area contributed by atoms with E-state index in [1.165, 1.54) is 12.8 Å². The molecule has 1 fully saturated rings. The van der Waals surface area contributed by atoms with Gasteiger partial charge in [0.05, 0.1) is 24.8 Å². The number of aliphatic hydroxyl groups is 1. The molecule has 19 heavy (non-hydrogen) atoms. The van der Waals surface area contributed by atoms with Gasteiger partial charge in [0.2, 0.25) is 0 Å². The molecule has 1 unspecified atom stereocenters. The summed E-state index contributed by atoms with van der Waals surface area (Å²) in [6.45, 7) is 0. The monoisotopic (exact) mass is 259 g/mol. The third-order valence-corrected chi connectivity index (χ3v) is 4.09. The second kappa shape index (κ2) is 6.58. The molecule has 3 nitrogen and oxygen atoms in total. The van der Waals surface area contributed by atoms with Gasteiger partial charge in [0.1, 0.15) is 5.75 Å². The first-order valence-electron chi connectivity index (χ1n) is 6.99. The normalized spacial score (nSPS) is 17.1. The van der Waals surface area contributed by atoms with Crippen LogP contribution in [0.3, 0.4) is 0 Å². The summed E-state index contributed by atoms with van der Waals surface area (Å²) in [5.74, 6) is 1.17. The lowest BCUT2D eigenvalue weighted by Crippen LogP contribution is -2.18. The minimum Gasteiger partial charge on any atom is -0.497 e. The van der Waals surface area contributed by atoms with E-state index in [-0.39, 0.29) is 6.10 Å². The number of aryl methyl sites for hydroxylation is 1. The lowest BCUT2D eigenvalue weighted by Gasteiger charge is -2.17. The summed E-state index contributed by atoms with van der Waals surface area (Å²) in [5, 5.41) is 19.3. The zero-order valence-corrected chi connectivity index (χ0v) is 11.4. The largest absolute Gasteiger partial charge is 0.497 e. The molecule has 0 aliphatic heterocycles. The van der Waals surface area contributed by atoms with E-state index in [2.05, 4.69) is 6.07 Å². The molecule has 1 aromatic rings. The third-order valence-electron chi connectivity index (χ3n) is 4.09. The van der Waals surface area contributed by atoms with E-state index in [1.807, 2.05) is 12.1 Å². The second-order valence-electron chi connectivity index (χ2n) is 5.29. The fraction of sp³-hybridized carbons (Fsp3) is 0.562. The molecule has 2 rings (SSSR count). The minimum atomic E-state index is -0.226. The maximum Gasteiger partial charge on any atom is 0.120 e. The molecule has 1 aliphatic carbocycles. The number of rotatable bonds is 5. The molecular weight excluding hydrogens is 238 g/mol. The van der Waals surface area contributed by atoms with E-state index < -0.39 is 0 Å². The second-order valence-corrected chi connectivity index (χ2v) is 5.29. The van der Waals surface area contributed by atoms with Crippen LogP contribution in [0.5, 0.6) is 5.75 Å². The average Bonchev–Trinajstić information content (AvgIpc) is 2.98. The molecule has 0 bridgehead atoms. The van der Waals surface area contributed by atoms with E-state index in [0.717, 1.165) is 31.2 Å². The molecule has 0 spiro atoms. The predicted molar refractivity (Wildman–Crippen MR) is 74.0 cm³/mol. The Kier molecular flexibility index (Phi) is 4.81. The third kappa shape index (κ3) is 3.48. The quantitative estimate of drug-likeness (QED) is 0.884. The number of nitrogens with zero attached hydrogens (tertiary/aromatic N) is 1. The van der Waals surface area contributed by atoms with Crippen molar-refractivity contribution in [3.05, 3.63) is 29.3 Å². The van der Waals surface area contributed by atoms with E-state index in [9.17, 15) is 5.11 Å². The Morgan fingerprint density at radius 1 is 1.42 bits per heavy atom. The molecule has 0 radical (unpaired) electrons. The Morgan fingerprint density at radius 3 is 2.79 bits per heavy atom. The zero-order chi connectivity index (χ0) is 13.7. The zero-order valence-electron chi connectivity index (χ0n) is 11.4. The van der Waals surface area contributed by atoms with Gasteiger partial charge < -0.3 is 9.84 Å². The molecule has 1 atom stereocenters. The van der Waals surface area contributed by atoms with Crippen molar-refractivity contribution in [3.8, 4) is 11.8 Å². The molecule has 1 N–H and O–H groups in total. The smallest absolute Gasteiger partial charge is 0.120 e. The van der Waals surface area contributed by atoms with Crippen LogP contribution in [0.15, 0.2) is 18.2 Å². The fourth-order valence-corrected chi connectivity index (χ4v) is 2.89. The van der Waals surface area contributed by atoms with E-state index in [4.69, 9.17) is 10.00 Å². The molecular formula is C16H21NO2. The topological polar surface area (TPSA) is 53.2 Å². The van der Waals surface area contributed by atoms with Gasteiger partial charge >= 0.3 is 0 Å². The number of benzene rings is 1. The summed E-state index contributed by atoms with van der Waals surface area (Å²) in [4.78, 5) is 0. The van der Waals surface area contributed by atoms with Crippen molar-refractivity contribution in [2.24, 2.45) is 5.92 Å². The first kappa shape index (κ1) is 13.9. The van der Waals surface area contributed by atoms with Gasteiger partial charge in [-0.3, -0.25) is 0 Å². The molecule has 0 aromatic heterocycles. The van der Waals surface area contributed by atoms with Crippen LogP contribution in [-0.4, -0.2) is 18.3 Å². The highest BCUT2D eigenvalue weighted by atomic mass is 16.5. The van der Waals surface area contributed by atoms with Crippen LogP contribution in [0.1, 0.15) is 43.2 Å². The summed E-state index contributed by atoms with van der Waals surface area (Å²) in [6, 6.07) is 7.77. The number of nitriles is 1. The number of ether oxygens (including phenoxy) is 1. The Bertz CT molecular complexity index is 458. The Hall–Kier alpha value is -1.53. The summed E-state index contributed by atoms with van der Waals surface area (Å²) in [7, 11) is 1.60. The molecule has 1 saturated carbocycles. The van der Waals surface area contributed by atoms with Gasteiger partial charge in [0.15, 0.2) is 0 Å². The van der Waals surface area contributed by atoms with Gasteiger partial charge in [-0.05, 0) is 49.3 Å². The van der Waals surface area contributed by atoms with Crippen LogP contribution in [0, 0.1) is 17.2 Å². The molecule has 0 amide bonds. The van der Waals surface area contributed by atoms with E-state index in [1.54, 1.807) is 13.2 Å². The van der Waals surface area contributed by atoms with Crippen LogP contribution >= 0.6 is 0 Å². The highest BCUT2D eigenvalue weighted by Crippen LogP contribution is 2.30. The van der Waals surface area contributed by atoms with Crippen molar-refractivity contribution < 1.29 is 9.84 Å². The van der Waals surface area contributed by atoms with E-state index >= 15 is 0 Å². The number of methoxy groups -OCH3 is 1. The average molecular weight is 259 g/mol. The first-order chi connectivity index (χ1) is 9.24. The van der Waals surface area contributed by atoms with Gasteiger partial charge in [0.25, 0.3) is 0 Å². The van der Waals surface area contributed by atoms with Gasteiger partial charge in [0, 0.05) is 0 Å². The van der Waals surface area contributed by atoms with Crippen LogP contribution in [0.25, 0.3) is 0 Å². The standard InChI is InChI=1S/C16H21NO2/c1-19-15-8-6-12(14(10-15)11-17)7-9-16(18)13-4-2-3-5-13/h6,8,10,13,16,18H,2-5,7,9H2,1H3. The summed E-state index contributed by atoms with van der Waals surface area (Å²) < 4.78 is 5.12. The molecule has 3 heteroatoms. The van der Waals surface area contributed by atoms with Crippen LogP contribution in [0.2, 0.25) is 0 Å². The van der Waals surface area contributed by atoms with Crippen molar-refractivity contribution in [3.63, 3.8) is 0 Å². The van der Waals surface area contributed by atoms with Gasteiger partial charge in [-0.25, -0.2) is 0 Å². The van der Waals surface area contributed by atoms with Gasteiger partial charge in [-0.2, -0.15) is 5.26 Å². The predicted octanol–water partition coefficient (Wildman–Crippen LogP) is 3.05. The minimum absolute atomic E-state index is 0.226. The number of hydrogen-bond acceptors (Lipinski definition) is 3. The molecule has 1 aliphatic rings. The first-order valence-corrected chi connectivity index (χ1v) is 6.99. The highest BCUT2D eigenvalue weighted by Gasteiger charge is 2.23. The Balaban J connectivity index is 1.97. The maximum absolute atomic E-state index is 10.2. The van der Waals surface area contributed by atoms with Crippen LogP contribution in [0.4, 0.5) is 0 Å². The maximum atomic E-state index is 10.2. The lowest BCUT2D eigenvalue weighted by molar-refractivity contribution is 0.102. The Morgan fingerprint density at radius 2 is 2.16 bits per heavy atom. The lowest BCUT2D eigenvalue weighted by atomic mass is 9.94. The summed E-state index contributed by atoms with van der Waals surface area (Å²) in [5.41, 5.74) is 1.65. The summed E-state index contributed by atoms with van der Waals surface area (Å²) >= 11 is 0. The van der Waals surface area contributed by atoms with Crippen LogP contribution in [-0.2, 0) is 6.42 Å². The molecule has 102 valence electrons. The van der Waals surface area contributed by atoms with Crippen molar-refractivity contribution in [1.82, 2.24) is 0 Å². The van der Waals surface area contributed by atoms with Crippen molar-refractivity contribution in [2.45, 2.75) is 44.6 Å². The van der Waals surface area contributed by atoms with Gasteiger partial charge in [-0.15, -0.1) is 0 Å². The number of hydrogen-bond donors (Lipinski definition) is 1. The molecule has 0 saturated heterocycles. The van der Waals surface area contributed by atoms with Crippen LogP contribution < -0.4 is 4.74 Å². The Labute approximate surface area is 114 Å².